The predicted octanol–water partition coefficient (Wildman–Crippen LogP) is 4.04. The van der Waals surface area contributed by atoms with E-state index < -0.39 is 5.69 Å². The van der Waals surface area contributed by atoms with Gasteiger partial charge in [-0.3, -0.25) is 19.2 Å². The number of halogens is 2. The van der Waals surface area contributed by atoms with Crippen molar-refractivity contribution in [1.29, 1.82) is 0 Å². The van der Waals surface area contributed by atoms with Crippen LogP contribution in [0.15, 0.2) is 27.8 Å². The van der Waals surface area contributed by atoms with Gasteiger partial charge < -0.3 is 4.57 Å². The van der Waals surface area contributed by atoms with E-state index in [0.717, 1.165) is 30.7 Å². The Kier molecular flexibility index (Phi) is 7.39. The van der Waals surface area contributed by atoms with Crippen LogP contribution in [-0.2, 0) is 26.2 Å². The van der Waals surface area contributed by atoms with Gasteiger partial charge in [0.2, 0.25) is 0 Å². The van der Waals surface area contributed by atoms with E-state index in [2.05, 4.69) is 23.7 Å². The third-order valence-corrected chi connectivity index (χ3v) is 5.73. The fraction of sp³-hybridized carbons (Fsp3) is 0.476. The number of rotatable bonds is 9. The van der Waals surface area contributed by atoms with E-state index in [9.17, 15) is 9.59 Å². The molecule has 0 fully saturated rings. The maximum absolute atomic E-state index is 12.6. The summed E-state index contributed by atoms with van der Waals surface area (Å²) in [6.45, 7) is 6.47. The van der Waals surface area contributed by atoms with E-state index >= 15 is 0 Å². The zero-order chi connectivity index (χ0) is 21.8. The van der Waals surface area contributed by atoms with Gasteiger partial charge in [-0.05, 0) is 37.6 Å². The molecule has 0 unspecified atom stereocenters. The van der Waals surface area contributed by atoms with Gasteiger partial charge in [-0.15, -0.1) is 0 Å². The van der Waals surface area contributed by atoms with E-state index in [1.54, 1.807) is 10.6 Å². The van der Waals surface area contributed by atoms with Crippen LogP contribution in [0.1, 0.15) is 44.5 Å². The molecule has 0 radical (unpaired) electrons. The lowest BCUT2D eigenvalue weighted by Crippen LogP contribution is -2.31. The van der Waals surface area contributed by atoms with E-state index in [0.29, 0.717) is 47.4 Å². The number of fused-ring (bicyclic) bond motifs is 1. The molecule has 3 aromatic rings. The molecule has 30 heavy (non-hydrogen) atoms. The highest BCUT2D eigenvalue weighted by Crippen LogP contribution is 2.23. The Morgan fingerprint density at radius 1 is 1.03 bits per heavy atom. The number of hydrogen-bond donors (Lipinski definition) is 1. The van der Waals surface area contributed by atoms with Gasteiger partial charge in [-0.25, -0.2) is 9.78 Å². The van der Waals surface area contributed by atoms with Crippen molar-refractivity contribution in [3.63, 3.8) is 0 Å². The molecule has 1 N–H and O–H groups in total. The van der Waals surface area contributed by atoms with Crippen LogP contribution in [0.2, 0.25) is 10.0 Å². The number of hydrogen-bond acceptors (Lipinski definition) is 4. The standard InChI is InChI=1S/C21H27Cl2N5O2/c1-4-6-10-28-19-18(20(29)25-21(28)30)27(9-5-2)17(24-19)13-26(3)12-14-7-8-15(22)16(23)11-14/h7-8,11H,4-6,9-10,12-13H2,1-3H3,(H,25,29,30). The number of aromatic nitrogens is 4. The summed E-state index contributed by atoms with van der Waals surface area (Å²) in [5, 5.41) is 1.05. The summed E-state index contributed by atoms with van der Waals surface area (Å²) < 4.78 is 3.51. The average molecular weight is 452 g/mol. The molecule has 0 aliphatic heterocycles. The van der Waals surface area contributed by atoms with E-state index in [-0.39, 0.29) is 5.56 Å². The number of imidazole rings is 1. The van der Waals surface area contributed by atoms with Crippen LogP contribution in [0.4, 0.5) is 0 Å². The minimum Gasteiger partial charge on any atom is -0.321 e. The summed E-state index contributed by atoms with van der Waals surface area (Å²) in [5.41, 5.74) is 1.16. The van der Waals surface area contributed by atoms with Gasteiger partial charge >= 0.3 is 5.69 Å². The van der Waals surface area contributed by atoms with Crippen molar-refractivity contribution >= 4 is 34.4 Å². The van der Waals surface area contributed by atoms with Crippen molar-refractivity contribution in [3.8, 4) is 0 Å². The maximum atomic E-state index is 12.6. The Morgan fingerprint density at radius 3 is 2.47 bits per heavy atom. The lowest BCUT2D eigenvalue weighted by Gasteiger charge is -2.17. The van der Waals surface area contributed by atoms with Crippen molar-refractivity contribution in [3.05, 3.63) is 60.5 Å². The average Bonchev–Trinajstić information content (AvgIpc) is 3.03. The van der Waals surface area contributed by atoms with Crippen LogP contribution in [-0.4, -0.2) is 31.0 Å². The summed E-state index contributed by atoms with van der Waals surface area (Å²) in [7, 11) is 1.98. The predicted molar refractivity (Wildman–Crippen MR) is 121 cm³/mol. The molecular weight excluding hydrogens is 425 g/mol. The molecule has 9 heteroatoms. The molecule has 0 aliphatic rings. The number of H-pyrrole nitrogens is 1. The molecule has 0 amide bonds. The zero-order valence-electron chi connectivity index (χ0n) is 17.5. The lowest BCUT2D eigenvalue weighted by molar-refractivity contribution is 0.305. The summed E-state index contributed by atoms with van der Waals surface area (Å²) >= 11 is 12.1. The van der Waals surface area contributed by atoms with Crippen LogP contribution < -0.4 is 11.2 Å². The third-order valence-electron chi connectivity index (χ3n) is 4.99. The molecule has 0 atom stereocenters. The quantitative estimate of drug-likeness (QED) is 0.532. The Balaban J connectivity index is 1.98. The summed E-state index contributed by atoms with van der Waals surface area (Å²) in [4.78, 5) is 34.3. The molecule has 1 aromatic carbocycles. The minimum atomic E-state index is -0.405. The fourth-order valence-electron chi connectivity index (χ4n) is 3.57. The number of nitrogens with zero attached hydrogens (tertiary/aromatic N) is 4. The number of benzene rings is 1. The Labute approximate surface area is 185 Å². The van der Waals surface area contributed by atoms with Gasteiger partial charge in [-0.2, -0.15) is 0 Å². The van der Waals surface area contributed by atoms with E-state index in [1.807, 2.05) is 23.7 Å². The van der Waals surface area contributed by atoms with Crippen molar-refractivity contribution in [2.75, 3.05) is 7.05 Å². The SMILES string of the molecule is CCCCn1c(=O)[nH]c(=O)c2c1nc(CN(C)Cc1ccc(Cl)c(Cl)c1)n2CCC. The van der Waals surface area contributed by atoms with Crippen LogP contribution in [0, 0.1) is 0 Å². The molecule has 7 nitrogen and oxygen atoms in total. The zero-order valence-corrected chi connectivity index (χ0v) is 19.1. The van der Waals surface area contributed by atoms with Crippen LogP contribution in [0.5, 0.6) is 0 Å². The number of aryl methyl sites for hydroxylation is 2. The lowest BCUT2D eigenvalue weighted by atomic mass is 10.2. The third kappa shape index (κ3) is 4.79. The molecule has 2 aromatic heterocycles. The highest BCUT2D eigenvalue weighted by molar-refractivity contribution is 6.42. The molecule has 162 valence electrons. The summed E-state index contributed by atoms with van der Waals surface area (Å²) in [5.74, 6) is 0.760. The summed E-state index contributed by atoms with van der Waals surface area (Å²) in [6, 6.07) is 5.57. The first kappa shape index (κ1) is 22.6. The normalized spacial score (nSPS) is 11.7. The van der Waals surface area contributed by atoms with Gasteiger partial charge in [0.25, 0.3) is 5.56 Å². The first-order chi connectivity index (χ1) is 14.3. The number of aromatic amines is 1. The molecule has 2 heterocycles. The summed E-state index contributed by atoms with van der Waals surface area (Å²) in [6.07, 6.45) is 2.64. The highest BCUT2D eigenvalue weighted by atomic mass is 35.5. The second-order valence-corrected chi connectivity index (χ2v) is 8.35. The van der Waals surface area contributed by atoms with Gasteiger partial charge in [0.1, 0.15) is 5.82 Å². The first-order valence-corrected chi connectivity index (χ1v) is 11.0. The largest absolute Gasteiger partial charge is 0.330 e. The maximum Gasteiger partial charge on any atom is 0.330 e. The molecule has 0 spiro atoms. The topological polar surface area (TPSA) is 75.9 Å². The molecule has 0 bridgehead atoms. The molecule has 0 aliphatic carbocycles. The van der Waals surface area contributed by atoms with Gasteiger partial charge in [0, 0.05) is 19.6 Å². The van der Waals surface area contributed by atoms with Gasteiger partial charge in [0.05, 0.1) is 16.6 Å². The first-order valence-electron chi connectivity index (χ1n) is 10.2. The Morgan fingerprint density at radius 2 is 1.80 bits per heavy atom. The highest BCUT2D eigenvalue weighted by Gasteiger charge is 2.19. The van der Waals surface area contributed by atoms with Crippen LogP contribution in [0.3, 0.4) is 0 Å². The van der Waals surface area contributed by atoms with Gasteiger partial charge in [-0.1, -0.05) is 49.5 Å². The van der Waals surface area contributed by atoms with Crippen LogP contribution >= 0.6 is 23.2 Å². The fourth-order valence-corrected chi connectivity index (χ4v) is 3.89. The van der Waals surface area contributed by atoms with Crippen molar-refractivity contribution < 1.29 is 0 Å². The van der Waals surface area contributed by atoms with Crippen molar-refractivity contribution in [1.82, 2.24) is 24.0 Å². The van der Waals surface area contributed by atoms with Crippen molar-refractivity contribution in [2.45, 2.75) is 59.3 Å². The molecule has 0 saturated carbocycles. The second kappa shape index (κ2) is 9.81. The Bertz CT molecular complexity index is 1150. The minimum absolute atomic E-state index is 0.387. The molecule has 3 rings (SSSR count). The smallest absolute Gasteiger partial charge is 0.321 e. The van der Waals surface area contributed by atoms with E-state index in [1.165, 1.54) is 0 Å². The molecule has 0 saturated heterocycles. The van der Waals surface area contributed by atoms with E-state index in [4.69, 9.17) is 28.2 Å². The number of unbranched alkanes of at least 4 members (excludes halogenated alkanes) is 1. The second-order valence-electron chi connectivity index (χ2n) is 7.54. The van der Waals surface area contributed by atoms with Crippen LogP contribution in [0.25, 0.3) is 11.2 Å². The molecular formula is C21H27Cl2N5O2. The number of nitrogens with one attached hydrogen (secondary N) is 1. The Hall–Kier alpha value is -2.09. The van der Waals surface area contributed by atoms with Crippen molar-refractivity contribution in [2.24, 2.45) is 0 Å². The monoisotopic (exact) mass is 451 g/mol. The van der Waals surface area contributed by atoms with Gasteiger partial charge in [0.15, 0.2) is 11.2 Å².